The van der Waals surface area contributed by atoms with Gasteiger partial charge >= 0.3 is 0 Å². The average Bonchev–Trinajstić information content (AvgIpc) is 2.25. The van der Waals surface area contributed by atoms with E-state index in [1.54, 1.807) is 7.11 Å². The van der Waals surface area contributed by atoms with Gasteiger partial charge in [-0.3, -0.25) is 4.99 Å². The molecular formula is C11H15NOSi. The van der Waals surface area contributed by atoms with Crippen LogP contribution in [0.3, 0.4) is 0 Å². The predicted octanol–water partition coefficient (Wildman–Crippen LogP) is 2.18. The van der Waals surface area contributed by atoms with Crippen LogP contribution < -0.4 is 0 Å². The Bertz CT molecular complexity index is 285. The van der Waals surface area contributed by atoms with Gasteiger partial charge in [0, 0.05) is 19.4 Å². The lowest BCUT2D eigenvalue weighted by atomic mass is 10.1. The summed E-state index contributed by atoms with van der Waals surface area (Å²) >= 11 is 0. The second-order valence-corrected chi connectivity index (χ2v) is 4.13. The minimum Gasteiger partial charge on any atom is -0.421 e. The highest BCUT2D eigenvalue weighted by atomic mass is 28.2. The fourth-order valence-electron chi connectivity index (χ4n) is 1.14. The maximum Gasteiger partial charge on any atom is 0.230 e. The summed E-state index contributed by atoms with van der Waals surface area (Å²) < 4.78 is 4.99. The molecule has 0 unspecified atom stereocenters. The zero-order valence-electron chi connectivity index (χ0n) is 8.66. The van der Waals surface area contributed by atoms with E-state index in [9.17, 15) is 0 Å². The molecule has 0 N–H and O–H groups in total. The normalized spacial score (nSPS) is 11.7. The molecule has 0 atom stereocenters. The minimum absolute atomic E-state index is 0.565. The van der Waals surface area contributed by atoms with E-state index in [0.29, 0.717) is 9.76 Å². The Morgan fingerprint density at radius 1 is 1.36 bits per heavy atom. The molecule has 74 valence electrons. The van der Waals surface area contributed by atoms with Crippen LogP contribution in [0.5, 0.6) is 0 Å². The summed E-state index contributed by atoms with van der Waals surface area (Å²) in [6.07, 6.45) is 0. The molecule has 0 aliphatic rings. The molecule has 2 radical (unpaired) electrons. The van der Waals surface area contributed by atoms with Gasteiger partial charge in [-0.05, 0) is 18.5 Å². The minimum atomic E-state index is 0.565. The van der Waals surface area contributed by atoms with Crippen LogP contribution in [-0.4, -0.2) is 29.1 Å². The first-order valence-corrected chi connectivity index (χ1v) is 5.78. The van der Waals surface area contributed by atoms with Crippen molar-refractivity contribution in [2.75, 3.05) is 13.7 Å². The molecule has 1 rings (SSSR count). The van der Waals surface area contributed by atoms with E-state index in [0.717, 1.165) is 18.3 Å². The summed E-state index contributed by atoms with van der Waals surface area (Å²) in [5.74, 6) is 0. The molecule has 2 nitrogen and oxygen atoms in total. The quantitative estimate of drug-likeness (QED) is 0.410. The van der Waals surface area contributed by atoms with Crippen LogP contribution in [0.1, 0.15) is 12.5 Å². The van der Waals surface area contributed by atoms with Crippen molar-refractivity contribution in [1.29, 1.82) is 0 Å². The van der Waals surface area contributed by atoms with Crippen molar-refractivity contribution < 1.29 is 4.43 Å². The Kier molecular flexibility index (Phi) is 5.18. The largest absolute Gasteiger partial charge is 0.421 e. The van der Waals surface area contributed by atoms with Crippen LogP contribution in [0, 0.1) is 0 Å². The number of benzene rings is 1. The molecule has 0 fully saturated rings. The van der Waals surface area contributed by atoms with Crippen LogP contribution in [0.15, 0.2) is 35.3 Å². The molecule has 0 saturated carbocycles. The van der Waals surface area contributed by atoms with Gasteiger partial charge in [0.05, 0.1) is 0 Å². The van der Waals surface area contributed by atoms with Crippen molar-refractivity contribution in [3.63, 3.8) is 0 Å². The number of rotatable bonds is 5. The third kappa shape index (κ3) is 3.85. The van der Waals surface area contributed by atoms with Gasteiger partial charge in [0.25, 0.3) is 0 Å². The van der Waals surface area contributed by atoms with E-state index < -0.39 is 0 Å². The van der Waals surface area contributed by atoms with Crippen molar-refractivity contribution in [3.8, 4) is 0 Å². The first-order valence-electron chi connectivity index (χ1n) is 4.67. The molecule has 0 bridgehead atoms. The Morgan fingerprint density at radius 2 is 2.07 bits per heavy atom. The van der Waals surface area contributed by atoms with Gasteiger partial charge in [0.2, 0.25) is 9.76 Å². The van der Waals surface area contributed by atoms with Gasteiger partial charge in [0.15, 0.2) is 0 Å². The highest BCUT2D eigenvalue weighted by molar-refractivity contribution is 6.27. The Hall–Kier alpha value is -0.933. The van der Waals surface area contributed by atoms with E-state index in [-0.39, 0.29) is 0 Å². The van der Waals surface area contributed by atoms with E-state index >= 15 is 0 Å². The summed E-state index contributed by atoms with van der Waals surface area (Å²) in [5, 5.41) is 0. The maximum atomic E-state index is 4.99. The lowest BCUT2D eigenvalue weighted by Crippen LogP contribution is -1.99. The summed E-state index contributed by atoms with van der Waals surface area (Å²) in [7, 11) is 2.29. The molecule has 3 heteroatoms. The number of hydrogen-bond donors (Lipinski definition) is 0. The molecule has 0 aromatic heterocycles. The first-order chi connectivity index (χ1) is 6.84. The smallest absolute Gasteiger partial charge is 0.230 e. The standard InChI is InChI=1S/C11H15NOSi/c1-10(12-8-9-14-13-2)11-6-4-3-5-7-11/h3-7H,8-9H2,1-2H3. The fraction of sp³-hybridized carbons (Fsp3) is 0.364. The third-order valence-corrected chi connectivity index (χ3v) is 2.62. The van der Waals surface area contributed by atoms with Crippen molar-refractivity contribution in [2.24, 2.45) is 4.99 Å². The average molecular weight is 205 g/mol. The third-order valence-electron chi connectivity index (χ3n) is 1.90. The summed E-state index contributed by atoms with van der Waals surface area (Å²) in [6, 6.07) is 11.3. The Balaban J connectivity index is 2.44. The summed E-state index contributed by atoms with van der Waals surface area (Å²) in [4.78, 5) is 4.48. The zero-order chi connectivity index (χ0) is 10.2. The van der Waals surface area contributed by atoms with Crippen LogP contribution in [0.25, 0.3) is 0 Å². The molecular weight excluding hydrogens is 190 g/mol. The van der Waals surface area contributed by atoms with E-state index in [1.807, 2.05) is 25.1 Å². The van der Waals surface area contributed by atoms with E-state index in [4.69, 9.17) is 4.43 Å². The van der Waals surface area contributed by atoms with Crippen LogP contribution in [0.2, 0.25) is 6.04 Å². The maximum absolute atomic E-state index is 4.99. The Labute approximate surface area is 88.0 Å². The van der Waals surface area contributed by atoms with Crippen LogP contribution >= 0.6 is 0 Å². The molecule has 0 saturated heterocycles. The molecule has 14 heavy (non-hydrogen) atoms. The second-order valence-electron chi connectivity index (χ2n) is 2.93. The van der Waals surface area contributed by atoms with Crippen molar-refractivity contribution >= 4 is 15.5 Å². The van der Waals surface area contributed by atoms with Crippen LogP contribution in [0.4, 0.5) is 0 Å². The van der Waals surface area contributed by atoms with Crippen LogP contribution in [-0.2, 0) is 4.43 Å². The van der Waals surface area contributed by atoms with Gasteiger partial charge in [-0.2, -0.15) is 0 Å². The van der Waals surface area contributed by atoms with Crippen molar-refractivity contribution in [1.82, 2.24) is 0 Å². The summed E-state index contributed by atoms with van der Waals surface area (Å²) in [5.41, 5.74) is 2.31. The second kappa shape index (κ2) is 6.51. The molecule has 0 aliphatic carbocycles. The number of aliphatic imine (C=N–C) groups is 1. The molecule has 0 heterocycles. The van der Waals surface area contributed by atoms with Gasteiger partial charge < -0.3 is 4.43 Å². The van der Waals surface area contributed by atoms with Gasteiger partial charge in [0.1, 0.15) is 0 Å². The van der Waals surface area contributed by atoms with Gasteiger partial charge in [-0.25, -0.2) is 0 Å². The topological polar surface area (TPSA) is 21.6 Å². The van der Waals surface area contributed by atoms with Gasteiger partial charge in [-0.1, -0.05) is 30.3 Å². The van der Waals surface area contributed by atoms with E-state index in [2.05, 4.69) is 17.1 Å². The van der Waals surface area contributed by atoms with E-state index in [1.165, 1.54) is 5.56 Å². The van der Waals surface area contributed by atoms with Crippen molar-refractivity contribution in [3.05, 3.63) is 35.9 Å². The SMILES string of the molecule is CO[Si]CCN=C(C)c1ccccc1. The highest BCUT2D eigenvalue weighted by Gasteiger charge is 1.94. The Morgan fingerprint density at radius 3 is 2.71 bits per heavy atom. The first kappa shape index (κ1) is 11.1. The summed E-state index contributed by atoms with van der Waals surface area (Å²) in [6.45, 7) is 2.90. The monoisotopic (exact) mass is 205 g/mol. The molecule has 1 aromatic rings. The molecule has 1 aromatic carbocycles. The zero-order valence-corrected chi connectivity index (χ0v) is 9.66. The highest BCUT2D eigenvalue weighted by Crippen LogP contribution is 2.00. The fourth-order valence-corrected chi connectivity index (χ4v) is 1.55. The number of nitrogens with zero attached hydrogens (tertiary/aromatic N) is 1. The lowest BCUT2D eigenvalue weighted by molar-refractivity contribution is 0.441. The van der Waals surface area contributed by atoms with Gasteiger partial charge in [-0.15, -0.1) is 0 Å². The number of hydrogen-bond acceptors (Lipinski definition) is 2. The lowest BCUT2D eigenvalue weighted by Gasteiger charge is -1.99. The molecule has 0 amide bonds. The van der Waals surface area contributed by atoms with Crippen molar-refractivity contribution in [2.45, 2.75) is 13.0 Å². The molecule has 0 spiro atoms. The predicted molar refractivity (Wildman–Crippen MR) is 61.1 cm³/mol. The molecule has 0 aliphatic heterocycles.